The third kappa shape index (κ3) is 3.83. The summed E-state index contributed by atoms with van der Waals surface area (Å²) in [5.74, 6) is -0.0123. The molecule has 0 fully saturated rings. The summed E-state index contributed by atoms with van der Waals surface area (Å²) in [6.45, 7) is 3.85. The highest BCUT2D eigenvalue weighted by molar-refractivity contribution is 7.91. The minimum Gasteiger partial charge on any atom is -0.283 e. The minimum absolute atomic E-state index is 0.0123. The predicted octanol–water partition coefficient (Wildman–Crippen LogP) is 3.25. The monoisotopic (exact) mass is 275 g/mol. The molecule has 0 atom stereocenters. The van der Waals surface area contributed by atoms with Gasteiger partial charge in [-0.1, -0.05) is 48.0 Å². The number of nitrogens with one attached hydrogen (secondary N) is 1. The van der Waals surface area contributed by atoms with Gasteiger partial charge in [-0.15, -0.1) is 0 Å². The van der Waals surface area contributed by atoms with Crippen LogP contribution in [0.4, 0.5) is 5.69 Å². The first kappa shape index (κ1) is 13.6. The van der Waals surface area contributed by atoms with Crippen molar-refractivity contribution in [2.75, 3.05) is 4.72 Å². The van der Waals surface area contributed by atoms with E-state index in [2.05, 4.69) is 4.72 Å². The highest BCUT2D eigenvalue weighted by atomic mass is 32.2. The van der Waals surface area contributed by atoms with Gasteiger partial charge < -0.3 is 0 Å². The van der Waals surface area contributed by atoms with Gasteiger partial charge in [0.25, 0.3) is 0 Å². The molecule has 19 heavy (non-hydrogen) atoms. The van der Waals surface area contributed by atoms with E-state index in [9.17, 15) is 8.42 Å². The number of hydrogen-bond acceptors (Lipinski definition) is 2. The predicted molar refractivity (Wildman–Crippen MR) is 78.6 cm³/mol. The quantitative estimate of drug-likeness (QED) is 0.931. The number of hydrogen-bond donors (Lipinski definition) is 1. The molecule has 0 aliphatic carbocycles. The van der Waals surface area contributed by atoms with Gasteiger partial charge >= 0.3 is 0 Å². The van der Waals surface area contributed by atoms with Crippen molar-refractivity contribution in [1.29, 1.82) is 0 Å². The van der Waals surface area contributed by atoms with Crippen molar-refractivity contribution in [2.24, 2.45) is 0 Å². The fourth-order valence-electron chi connectivity index (χ4n) is 1.79. The van der Waals surface area contributed by atoms with E-state index in [-0.39, 0.29) is 5.75 Å². The second kappa shape index (κ2) is 5.45. The highest BCUT2D eigenvalue weighted by Gasteiger charge is 2.12. The summed E-state index contributed by atoms with van der Waals surface area (Å²) in [7, 11) is -3.37. The summed E-state index contributed by atoms with van der Waals surface area (Å²) < 4.78 is 26.8. The standard InChI is InChI=1S/C15H17NO2S/c1-12-7-9-14(10-8-12)11-19(17,18)16-15-6-4-3-5-13(15)2/h3-10,16H,11H2,1-2H3. The van der Waals surface area contributed by atoms with E-state index >= 15 is 0 Å². The number of anilines is 1. The second-order valence-electron chi connectivity index (χ2n) is 4.66. The van der Waals surface area contributed by atoms with E-state index < -0.39 is 10.0 Å². The lowest BCUT2D eigenvalue weighted by Crippen LogP contribution is -2.15. The third-order valence-electron chi connectivity index (χ3n) is 2.89. The van der Waals surface area contributed by atoms with Crippen molar-refractivity contribution >= 4 is 15.7 Å². The van der Waals surface area contributed by atoms with Crippen LogP contribution in [0.15, 0.2) is 48.5 Å². The molecule has 0 spiro atoms. The van der Waals surface area contributed by atoms with Gasteiger partial charge in [0.2, 0.25) is 10.0 Å². The van der Waals surface area contributed by atoms with Gasteiger partial charge in [-0.05, 0) is 31.0 Å². The zero-order valence-corrected chi connectivity index (χ0v) is 11.9. The topological polar surface area (TPSA) is 46.2 Å². The average Bonchev–Trinajstić information content (AvgIpc) is 2.35. The Kier molecular flexibility index (Phi) is 3.90. The fraction of sp³-hybridized carbons (Fsp3) is 0.200. The highest BCUT2D eigenvalue weighted by Crippen LogP contribution is 2.17. The van der Waals surface area contributed by atoms with Crippen LogP contribution in [0.1, 0.15) is 16.7 Å². The Morgan fingerprint density at radius 1 is 0.947 bits per heavy atom. The zero-order chi connectivity index (χ0) is 13.9. The van der Waals surface area contributed by atoms with Crippen LogP contribution in [0, 0.1) is 13.8 Å². The Bertz CT molecular complexity index is 661. The molecule has 0 bridgehead atoms. The first-order valence-corrected chi connectivity index (χ1v) is 7.73. The molecule has 1 N–H and O–H groups in total. The molecule has 0 aromatic heterocycles. The molecule has 0 radical (unpaired) electrons. The van der Waals surface area contributed by atoms with Crippen LogP contribution in [0.3, 0.4) is 0 Å². The Labute approximate surface area is 114 Å². The number of aryl methyl sites for hydroxylation is 2. The summed E-state index contributed by atoms with van der Waals surface area (Å²) in [4.78, 5) is 0. The molecule has 0 saturated carbocycles. The van der Waals surface area contributed by atoms with Crippen molar-refractivity contribution < 1.29 is 8.42 Å². The van der Waals surface area contributed by atoms with Crippen molar-refractivity contribution in [2.45, 2.75) is 19.6 Å². The Hall–Kier alpha value is -1.81. The molecule has 3 nitrogen and oxygen atoms in total. The zero-order valence-electron chi connectivity index (χ0n) is 11.1. The minimum atomic E-state index is -3.37. The summed E-state index contributed by atoms with van der Waals surface area (Å²) in [6, 6.07) is 14.9. The second-order valence-corrected chi connectivity index (χ2v) is 6.38. The van der Waals surface area contributed by atoms with Crippen molar-refractivity contribution in [3.8, 4) is 0 Å². The first-order chi connectivity index (χ1) is 8.96. The van der Waals surface area contributed by atoms with E-state index in [1.54, 1.807) is 6.07 Å². The fourth-order valence-corrected chi connectivity index (χ4v) is 3.06. The molecule has 2 aromatic rings. The summed E-state index contributed by atoms with van der Waals surface area (Å²) >= 11 is 0. The molecular formula is C15H17NO2S. The van der Waals surface area contributed by atoms with Crippen LogP contribution in [0.5, 0.6) is 0 Å². The van der Waals surface area contributed by atoms with E-state index in [0.717, 1.165) is 16.7 Å². The molecule has 0 saturated heterocycles. The summed E-state index contributed by atoms with van der Waals surface area (Å²) in [6.07, 6.45) is 0. The normalized spacial score (nSPS) is 11.3. The number of rotatable bonds is 4. The lowest BCUT2D eigenvalue weighted by molar-refractivity contribution is 0.600. The molecule has 0 aliphatic heterocycles. The SMILES string of the molecule is Cc1ccc(CS(=O)(=O)Nc2ccccc2C)cc1. The molecule has 2 aromatic carbocycles. The Balaban J connectivity index is 2.15. The van der Waals surface area contributed by atoms with Gasteiger partial charge in [0.05, 0.1) is 11.4 Å². The molecule has 0 unspecified atom stereocenters. The first-order valence-electron chi connectivity index (χ1n) is 6.08. The maximum Gasteiger partial charge on any atom is 0.236 e. The Morgan fingerprint density at radius 2 is 1.58 bits per heavy atom. The molecule has 4 heteroatoms. The maximum atomic E-state index is 12.1. The largest absolute Gasteiger partial charge is 0.283 e. The molecule has 100 valence electrons. The average molecular weight is 275 g/mol. The van der Waals surface area contributed by atoms with E-state index in [1.807, 2.05) is 56.3 Å². The molecule has 0 amide bonds. The lowest BCUT2D eigenvalue weighted by Gasteiger charge is -2.10. The van der Waals surface area contributed by atoms with Gasteiger partial charge in [0, 0.05) is 0 Å². The van der Waals surface area contributed by atoms with Gasteiger partial charge in [0.15, 0.2) is 0 Å². The van der Waals surface area contributed by atoms with E-state index in [0.29, 0.717) is 5.69 Å². The van der Waals surface area contributed by atoms with Crippen molar-refractivity contribution in [3.05, 3.63) is 65.2 Å². The van der Waals surface area contributed by atoms with Crippen LogP contribution < -0.4 is 4.72 Å². The molecule has 0 heterocycles. The molecule has 2 rings (SSSR count). The van der Waals surface area contributed by atoms with E-state index in [4.69, 9.17) is 0 Å². The molecular weight excluding hydrogens is 258 g/mol. The molecule has 0 aliphatic rings. The lowest BCUT2D eigenvalue weighted by atomic mass is 10.2. The van der Waals surface area contributed by atoms with Gasteiger partial charge in [-0.2, -0.15) is 0 Å². The van der Waals surface area contributed by atoms with Gasteiger partial charge in [-0.3, -0.25) is 4.72 Å². The van der Waals surface area contributed by atoms with Crippen LogP contribution in [-0.2, 0) is 15.8 Å². The number of sulfonamides is 1. The van der Waals surface area contributed by atoms with Crippen LogP contribution in [0.2, 0.25) is 0 Å². The van der Waals surface area contributed by atoms with Crippen molar-refractivity contribution in [3.63, 3.8) is 0 Å². The maximum absolute atomic E-state index is 12.1. The van der Waals surface area contributed by atoms with E-state index in [1.165, 1.54) is 0 Å². The number of benzene rings is 2. The third-order valence-corrected chi connectivity index (χ3v) is 4.13. The summed E-state index contributed by atoms with van der Waals surface area (Å²) in [5.41, 5.74) is 3.45. The smallest absolute Gasteiger partial charge is 0.236 e. The number of para-hydroxylation sites is 1. The Morgan fingerprint density at radius 3 is 2.21 bits per heavy atom. The van der Waals surface area contributed by atoms with Crippen LogP contribution >= 0.6 is 0 Å². The van der Waals surface area contributed by atoms with Gasteiger partial charge in [0.1, 0.15) is 0 Å². The van der Waals surface area contributed by atoms with Crippen molar-refractivity contribution in [1.82, 2.24) is 0 Å². The summed E-state index contributed by atoms with van der Waals surface area (Å²) in [5, 5.41) is 0. The van der Waals surface area contributed by atoms with Crippen LogP contribution in [-0.4, -0.2) is 8.42 Å². The van der Waals surface area contributed by atoms with Gasteiger partial charge in [-0.25, -0.2) is 8.42 Å². The van der Waals surface area contributed by atoms with Crippen LogP contribution in [0.25, 0.3) is 0 Å².